The average molecular weight is 284 g/mol. The van der Waals surface area contributed by atoms with Crippen molar-refractivity contribution in [1.29, 1.82) is 0 Å². The molecule has 5 rings (SSSR count). The third kappa shape index (κ3) is 1.99. The molecule has 0 fully saturated rings. The fourth-order valence-corrected chi connectivity index (χ4v) is 4.02. The topological polar surface area (TPSA) is 0 Å². The van der Waals surface area contributed by atoms with Crippen LogP contribution in [0.2, 0.25) is 0 Å². The normalized spacial score (nSPS) is 23.5. The zero-order valence-corrected chi connectivity index (χ0v) is 12.7. The second-order valence-electron chi connectivity index (χ2n) is 6.14. The largest absolute Gasteiger partial charge is 0.103 e. The van der Waals surface area contributed by atoms with Gasteiger partial charge < -0.3 is 0 Å². The molecule has 3 aliphatic carbocycles. The molecule has 0 N–H and O–H groups in total. The van der Waals surface area contributed by atoms with Crippen molar-refractivity contribution in [2.75, 3.05) is 0 Å². The summed E-state index contributed by atoms with van der Waals surface area (Å²) >= 11 is 0. The van der Waals surface area contributed by atoms with Gasteiger partial charge in [0, 0.05) is 11.8 Å². The Morgan fingerprint density at radius 3 is 2.09 bits per heavy atom. The van der Waals surface area contributed by atoms with Crippen molar-refractivity contribution in [3.63, 3.8) is 0 Å². The standard InChI is InChI=1S/C22H20/c1-2-3-4-5-10-16-15-21-17-11-6-8-13-19(17)22(16)20-14-9-7-12-18(20)21/h2,4-14,21-22H,1,3,15H2/b5-4-,16-10+. The summed E-state index contributed by atoms with van der Waals surface area (Å²) < 4.78 is 0. The second-order valence-corrected chi connectivity index (χ2v) is 6.14. The van der Waals surface area contributed by atoms with E-state index >= 15 is 0 Å². The minimum atomic E-state index is 0.436. The zero-order chi connectivity index (χ0) is 14.9. The van der Waals surface area contributed by atoms with Crippen LogP contribution in [-0.2, 0) is 0 Å². The molecular weight excluding hydrogens is 264 g/mol. The minimum Gasteiger partial charge on any atom is -0.103 e. The summed E-state index contributed by atoms with van der Waals surface area (Å²) in [5.41, 5.74) is 7.60. The predicted molar refractivity (Wildman–Crippen MR) is 93.2 cm³/mol. The van der Waals surface area contributed by atoms with E-state index in [4.69, 9.17) is 0 Å². The Morgan fingerprint density at radius 2 is 1.50 bits per heavy atom. The molecule has 0 nitrogen and oxygen atoms in total. The number of benzene rings is 2. The van der Waals surface area contributed by atoms with E-state index in [0.717, 1.165) is 12.8 Å². The molecule has 0 aliphatic heterocycles. The Balaban J connectivity index is 1.84. The molecular formula is C22H20. The quantitative estimate of drug-likeness (QED) is 0.632. The molecule has 22 heavy (non-hydrogen) atoms. The van der Waals surface area contributed by atoms with Crippen molar-refractivity contribution in [2.24, 2.45) is 0 Å². The molecule has 0 saturated carbocycles. The van der Waals surface area contributed by atoms with Crippen molar-refractivity contribution in [2.45, 2.75) is 24.7 Å². The lowest BCUT2D eigenvalue weighted by molar-refractivity contribution is 0.634. The lowest BCUT2D eigenvalue weighted by Crippen LogP contribution is -2.26. The molecule has 0 amide bonds. The summed E-state index contributed by atoms with van der Waals surface area (Å²) in [4.78, 5) is 0. The third-order valence-corrected chi connectivity index (χ3v) is 4.92. The summed E-state index contributed by atoms with van der Waals surface area (Å²) in [5, 5.41) is 0. The summed E-state index contributed by atoms with van der Waals surface area (Å²) in [5.74, 6) is 0.960. The van der Waals surface area contributed by atoms with Crippen molar-refractivity contribution in [3.8, 4) is 0 Å². The first-order valence-corrected chi connectivity index (χ1v) is 8.04. The van der Waals surface area contributed by atoms with Gasteiger partial charge in [-0.2, -0.15) is 0 Å². The number of fused-ring (bicyclic) bond motifs is 1. The Hall–Kier alpha value is -2.34. The first-order chi connectivity index (χ1) is 10.9. The van der Waals surface area contributed by atoms with E-state index in [0.29, 0.717) is 11.8 Å². The molecule has 2 aromatic rings. The molecule has 0 heterocycles. The highest BCUT2D eigenvalue weighted by Crippen LogP contribution is 2.54. The summed E-state index contributed by atoms with van der Waals surface area (Å²) in [6, 6.07) is 17.9. The Morgan fingerprint density at radius 1 is 0.909 bits per heavy atom. The van der Waals surface area contributed by atoms with Crippen LogP contribution in [0.1, 0.15) is 46.9 Å². The summed E-state index contributed by atoms with van der Waals surface area (Å²) in [6.07, 6.45) is 10.7. The first-order valence-electron chi connectivity index (χ1n) is 8.04. The van der Waals surface area contributed by atoms with Crippen LogP contribution in [0.25, 0.3) is 0 Å². The SMILES string of the molecule is C=CC/C=C\C=C1/CC2c3ccccc3C1c1ccccc12. The Labute approximate surface area is 132 Å². The van der Waals surface area contributed by atoms with Crippen LogP contribution >= 0.6 is 0 Å². The highest BCUT2D eigenvalue weighted by atomic mass is 14.4. The highest BCUT2D eigenvalue weighted by molar-refractivity contribution is 5.61. The lowest BCUT2D eigenvalue weighted by Gasteiger charge is -2.42. The van der Waals surface area contributed by atoms with E-state index in [1.54, 1.807) is 5.57 Å². The van der Waals surface area contributed by atoms with Gasteiger partial charge in [0.1, 0.15) is 0 Å². The van der Waals surface area contributed by atoms with Crippen LogP contribution in [0.3, 0.4) is 0 Å². The van der Waals surface area contributed by atoms with Gasteiger partial charge in [0.05, 0.1) is 0 Å². The summed E-state index contributed by atoms with van der Waals surface area (Å²) in [7, 11) is 0. The van der Waals surface area contributed by atoms with Gasteiger partial charge in [0.2, 0.25) is 0 Å². The van der Waals surface area contributed by atoms with Crippen LogP contribution in [0.15, 0.2) is 85.0 Å². The maximum Gasteiger partial charge on any atom is 0.0308 e. The van der Waals surface area contributed by atoms with Crippen molar-refractivity contribution in [3.05, 3.63) is 107 Å². The van der Waals surface area contributed by atoms with Crippen LogP contribution in [0.4, 0.5) is 0 Å². The summed E-state index contributed by atoms with van der Waals surface area (Å²) in [6.45, 7) is 3.77. The molecule has 0 atom stereocenters. The maximum absolute atomic E-state index is 3.77. The maximum atomic E-state index is 3.77. The molecule has 0 heteroatoms. The van der Waals surface area contributed by atoms with Crippen molar-refractivity contribution in [1.82, 2.24) is 0 Å². The van der Waals surface area contributed by atoms with E-state index in [1.165, 1.54) is 22.3 Å². The van der Waals surface area contributed by atoms with E-state index in [9.17, 15) is 0 Å². The monoisotopic (exact) mass is 284 g/mol. The van der Waals surface area contributed by atoms with Crippen LogP contribution in [0.5, 0.6) is 0 Å². The predicted octanol–water partition coefficient (Wildman–Crippen LogP) is 5.73. The molecule has 108 valence electrons. The fraction of sp³-hybridized carbons (Fsp3) is 0.182. The zero-order valence-electron chi connectivity index (χ0n) is 12.7. The molecule has 0 unspecified atom stereocenters. The van der Waals surface area contributed by atoms with Crippen molar-refractivity contribution < 1.29 is 0 Å². The van der Waals surface area contributed by atoms with Gasteiger partial charge in [0.25, 0.3) is 0 Å². The van der Waals surface area contributed by atoms with E-state index in [2.05, 4.69) is 73.3 Å². The van der Waals surface area contributed by atoms with Crippen LogP contribution < -0.4 is 0 Å². The van der Waals surface area contributed by atoms with Gasteiger partial charge in [-0.05, 0) is 35.1 Å². The molecule has 0 radical (unpaired) electrons. The van der Waals surface area contributed by atoms with Gasteiger partial charge in [0.15, 0.2) is 0 Å². The van der Waals surface area contributed by atoms with E-state index in [1.807, 2.05) is 6.08 Å². The molecule has 3 aliphatic rings. The van der Waals surface area contributed by atoms with Gasteiger partial charge in [-0.25, -0.2) is 0 Å². The number of hydrogen-bond acceptors (Lipinski definition) is 0. The van der Waals surface area contributed by atoms with Gasteiger partial charge >= 0.3 is 0 Å². The van der Waals surface area contributed by atoms with E-state index < -0.39 is 0 Å². The third-order valence-electron chi connectivity index (χ3n) is 4.92. The number of rotatable bonds is 3. The number of allylic oxidation sites excluding steroid dienone is 5. The van der Waals surface area contributed by atoms with E-state index in [-0.39, 0.29) is 0 Å². The van der Waals surface area contributed by atoms with Gasteiger partial charge in [-0.15, -0.1) is 6.58 Å². The molecule has 0 saturated heterocycles. The number of hydrogen-bond donors (Lipinski definition) is 0. The average Bonchev–Trinajstić information content (AvgIpc) is 2.59. The second kappa shape index (κ2) is 5.46. The van der Waals surface area contributed by atoms with Crippen LogP contribution in [-0.4, -0.2) is 0 Å². The van der Waals surface area contributed by atoms with Crippen molar-refractivity contribution >= 4 is 0 Å². The highest BCUT2D eigenvalue weighted by Gasteiger charge is 2.39. The first kappa shape index (κ1) is 13.3. The Kier molecular flexibility index (Phi) is 3.31. The molecule has 0 spiro atoms. The molecule has 2 aromatic carbocycles. The minimum absolute atomic E-state index is 0.436. The lowest BCUT2D eigenvalue weighted by atomic mass is 9.61. The molecule has 2 bridgehead atoms. The molecule has 0 aromatic heterocycles. The smallest absolute Gasteiger partial charge is 0.0308 e. The fourth-order valence-electron chi connectivity index (χ4n) is 4.02. The van der Waals surface area contributed by atoms with Gasteiger partial charge in [-0.3, -0.25) is 0 Å². The van der Waals surface area contributed by atoms with Gasteiger partial charge in [-0.1, -0.05) is 78.4 Å². The van der Waals surface area contributed by atoms with Crippen LogP contribution in [0, 0.1) is 0 Å². The Bertz CT molecular complexity index is 729.